The van der Waals surface area contributed by atoms with Crippen molar-refractivity contribution in [2.24, 2.45) is 23.2 Å². The van der Waals surface area contributed by atoms with Gasteiger partial charge in [0, 0.05) is 11.6 Å². The van der Waals surface area contributed by atoms with Gasteiger partial charge in [0.1, 0.15) is 0 Å². The molecule has 0 spiro atoms. The quantitative estimate of drug-likeness (QED) is 0.721. The largest absolute Gasteiger partial charge is 0.349 e. The maximum Gasteiger partial charge on any atom is 0.251 e. The predicted octanol–water partition coefficient (Wildman–Crippen LogP) is 2.93. The molecule has 4 bridgehead atoms. The Morgan fingerprint density at radius 1 is 1.21 bits per heavy atom. The molecule has 0 radical (unpaired) electrons. The number of terminal acetylenes is 1. The number of rotatable bonds is 6. The molecule has 5 rings (SSSR count). The number of nitrogens with one attached hydrogen (secondary N) is 2. The summed E-state index contributed by atoms with van der Waals surface area (Å²) in [4.78, 5) is 12.9. The fraction of sp³-hybridized carbons (Fsp3) is 0.591. The number of amides is 1. The van der Waals surface area contributed by atoms with Crippen molar-refractivity contribution in [3.63, 3.8) is 0 Å². The molecule has 0 aromatic heterocycles. The molecule has 4 aliphatic carbocycles. The van der Waals surface area contributed by atoms with Gasteiger partial charge in [-0.2, -0.15) is 4.72 Å². The predicted molar refractivity (Wildman–Crippen MR) is 108 cm³/mol. The zero-order valence-corrected chi connectivity index (χ0v) is 17.1. The molecule has 0 heterocycles. The summed E-state index contributed by atoms with van der Waals surface area (Å²) in [6.45, 7) is 2.04. The minimum Gasteiger partial charge on any atom is -0.349 e. The van der Waals surface area contributed by atoms with Gasteiger partial charge in [-0.3, -0.25) is 4.79 Å². The average Bonchev–Trinajstić information content (AvgIpc) is 2.65. The standard InChI is InChI=1S/C22H28N2O3S/c1-3-7-23-28(26,27)20-6-4-5-19(11-20)21(25)24-15(2)22-12-16-8-17(13-22)10-18(9-16)14-22/h1,4-6,11,15-18,23H,7-10,12-14H2,2H3,(H,24,25). The van der Waals surface area contributed by atoms with Crippen LogP contribution in [0.15, 0.2) is 29.2 Å². The van der Waals surface area contributed by atoms with Crippen LogP contribution in [0, 0.1) is 35.5 Å². The van der Waals surface area contributed by atoms with E-state index in [1.165, 1.54) is 50.7 Å². The van der Waals surface area contributed by atoms with Crippen molar-refractivity contribution >= 4 is 15.9 Å². The van der Waals surface area contributed by atoms with Crippen molar-refractivity contribution in [1.29, 1.82) is 0 Å². The Balaban J connectivity index is 1.48. The second kappa shape index (κ2) is 7.20. The molecule has 5 nitrogen and oxygen atoms in total. The van der Waals surface area contributed by atoms with Gasteiger partial charge in [-0.05, 0) is 86.8 Å². The van der Waals surface area contributed by atoms with E-state index in [-0.39, 0.29) is 28.8 Å². The smallest absolute Gasteiger partial charge is 0.251 e. The molecular formula is C22H28N2O3S. The Morgan fingerprint density at radius 2 is 1.82 bits per heavy atom. The van der Waals surface area contributed by atoms with Gasteiger partial charge in [-0.1, -0.05) is 12.0 Å². The van der Waals surface area contributed by atoms with Gasteiger partial charge in [-0.25, -0.2) is 8.42 Å². The third-order valence-electron chi connectivity index (χ3n) is 7.12. The van der Waals surface area contributed by atoms with Crippen molar-refractivity contribution in [2.75, 3.05) is 6.54 Å². The van der Waals surface area contributed by atoms with E-state index < -0.39 is 10.0 Å². The average molecular weight is 401 g/mol. The molecule has 6 heteroatoms. The van der Waals surface area contributed by atoms with Crippen molar-refractivity contribution in [3.05, 3.63) is 29.8 Å². The summed E-state index contributed by atoms with van der Waals surface area (Å²) in [5.41, 5.74) is 0.572. The molecule has 0 aliphatic heterocycles. The molecule has 1 atom stereocenters. The molecule has 150 valence electrons. The molecule has 4 fully saturated rings. The fourth-order valence-corrected chi connectivity index (χ4v) is 7.15. The first kappa shape index (κ1) is 19.5. The number of hydrogen-bond acceptors (Lipinski definition) is 3. The first-order chi connectivity index (χ1) is 13.3. The van der Waals surface area contributed by atoms with Crippen LogP contribution in [0.25, 0.3) is 0 Å². The molecule has 4 saturated carbocycles. The van der Waals surface area contributed by atoms with Crippen LogP contribution in [-0.2, 0) is 10.0 Å². The lowest BCUT2D eigenvalue weighted by Gasteiger charge is -2.59. The molecule has 1 amide bonds. The van der Waals surface area contributed by atoms with Gasteiger partial charge >= 0.3 is 0 Å². The van der Waals surface area contributed by atoms with Crippen LogP contribution in [-0.4, -0.2) is 26.9 Å². The van der Waals surface area contributed by atoms with Crippen LogP contribution in [0.5, 0.6) is 0 Å². The van der Waals surface area contributed by atoms with Gasteiger partial charge < -0.3 is 5.32 Å². The fourth-order valence-electron chi connectivity index (χ4n) is 6.17. The highest BCUT2D eigenvalue weighted by molar-refractivity contribution is 7.89. The van der Waals surface area contributed by atoms with E-state index in [0.29, 0.717) is 5.56 Å². The second-order valence-electron chi connectivity index (χ2n) is 9.03. The van der Waals surface area contributed by atoms with Crippen molar-refractivity contribution in [3.8, 4) is 12.3 Å². The number of sulfonamides is 1. The summed E-state index contributed by atoms with van der Waals surface area (Å²) in [5, 5.41) is 3.19. The maximum atomic E-state index is 12.9. The van der Waals surface area contributed by atoms with E-state index in [4.69, 9.17) is 6.42 Å². The van der Waals surface area contributed by atoms with Crippen molar-refractivity contribution in [2.45, 2.75) is 56.4 Å². The normalized spacial score (nSPS) is 31.9. The van der Waals surface area contributed by atoms with Crippen molar-refractivity contribution < 1.29 is 13.2 Å². The number of carbonyl (C=O) groups excluding carboxylic acids is 1. The minimum absolute atomic E-state index is 0.0536. The highest BCUT2D eigenvalue weighted by atomic mass is 32.2. The van der Waals surface area contributed by atoms with Crippen molar-refractivity contribution in [1.82, 2.24) is 10.0 Å². The summed E-state index contributed by atoms with van der Waals surface area (Å²) in [6.07, 6.45) is 12.9. The van der Waals surface area contributed by atoms with Crippen LogP contribution < -0.4 is 10.0 Å². The molecule has 0 saturated heterocycles. The zero-order chi connectivity index (χ0) is 19.9. The summed E-state index contributed by atoms with van der Waals surface area (Å²) in [6, 6.07) is 6.23. The Kier molecular flexibility index (Phi) is 5.01. The first-order valence-corrected chi connectivity index (χ1v) is 11.6. The first-order valence-electron chi connectivity index (χ1n) is 10.2. The van der Waals surface area contributed by atoms with Gasteiger partial charge in [0.15, 0.2) is 0 Å². The van der Waals surface area contributed by atoms with Gasteiger partial charge in [0.2, 0.25) is 10.0 Å². The zero-order valence-electron chi connectivity index (χ0n) is 16.3. The molecular weight excluding hydrogens is 372 g/mol. The van der Waals surface area contributed by atoms with Crippen LogP contribution in [0.1, 0.15) is 55.8 Å². The maximum absolute atomic E-state index is 12.9. The van der Waals surface area contributed by atoms with Crippen LogP contribution >= 0.6 is 0 Å². The Labute approximate surface area is 167 Å². The third kappa shape index (κ3) is 3.58. The third-order valence-corrected chi connectivity index (χ3v) is 8.52. The molecule has 4 aliphatic rings. The summed E-state index contributed by atoms with van der Waals surface area (Å²) >= 11 is 0. The van der Waals surface area contributed by atoms with E-state index in [2.05, 4.69) is 22.9 Å². The number of benzene rings is 1. The van der Waals surface area contributed by atoms with E-state index in [1.54, 1.807) is 12.1 Å². The van der Waals surface area contributed by atoms with Gasteiger partial charge in [0.25, 0.3) is 5.91 Å². The molecule has 28 heavy (non-hydrogen) atoms. The summed E-state index contributed by atoms with van der Waals surface area (Å²) in [5.74, 6) is 4.50. The summed E-state index contributed by atoms with van der Waals surface area (Å²) < 4.78 is 26.9. The summed E-state index contributed by atoms with van der Waals surface area (Å²) in [7, 11) is -3.72. The van der Waals surface area contributed by atoms with Crippen LogP contribution in [0.4, 0.5) is 0 Å². The Hall–Kier alpha value is -1.84. The number of carbonyl (C=O) groups is 1. The highest BCUT2D eigenvalue weighted by Crippen LogP contribution is 2.61. The van der Waals surface area contributed by atoms with Gasteiger partial charge in [-0.15, -0.1) is 6.42 Å². The van der Waals surface area contributed by atoms with Gasteiger partial charge in [0.05, 0.1) is 11.4 Å². The lowest BCUT2D eigenvalue weighted by atomic mass is 9.48. The molecule has 1 unspecified atom stereocenters. The second-order valence-corrected chi connectivity index (χ2v) is 10.8. The van der Waals surface area contributed by atoms with E-state index >= 15 is 0 Å². The Bertz CT molecular complexity index is 881. The number of hydrogen-bond donors (Lipinski definition) is 2. The monoisotopic (exact) mass is 400 g/mol. The van der Waals surface area contributed by atoms with Crippen LogP contribution in [0.2, 0.25) is 0 Å². The minimum atomic E-state index is -3.72. The molecule has 1 aromatic rings. The molecule has 2 N–H and O–H groups in total. The topological polar surface area (TPSA) is 75.3 Å². The Morgan fingerprint density at radius 3 is 2.39 bits per heavy atom. The van der Waals surface area contributed by atoms with Crippen LogP contribution in [0.3, 0.4) is 0 Å². The van der Waals surface area contributed by atoms with E-state index in [1.807, 2.05) is 0 Å². The van der Waals surface area contributed by atoms with E-state index in [0.717, 1.165) is 17.8 Å². The SMILES string of the molecule is C#CCNS(=O)(=O)c1cccc(C(=O)NC(C)C23CC4CC(CC(C4)C2)C3)c1. The molecule has 1 aromatic carbocycles. The highest BCUT2D eigenvalue weighted by Gasteiger charge is 2.53. The lowest BCUT2D eigenvalue weighted by molar-refractivity contribution is -0.0688. The lowest BCUT2D eigenvalue weighted by Crippen LogP contribution is -2.55. The van der Waals surface area contributed by atoms with E-state index in [9.17, 15) is 13.2 Å².